The number of rotatable bonds is 7. The lowest BCUT2D eigenvalue weighted by Crippen LogP contribution is -2.50. The lowest BCUT2D eigenvalue weighted by molar-refractivity contribution is -0.132. The quantitative estimate of drug-likeness (QED) is 0.597. The van der Waals surface area contributed by atoms with Crippen LogP contribution >= 0.6 is 0 Å². The number of amides is 2. The molecule has 4 rings (SSSR count). The van der Waals surface area contributed by atoms with Gasteiger partial charge in [-0.05, 0) is 54.7 Å². The van der Waals surface area contributed by atoms with Crippen molar-refractivity contribution < 1.29 is 27.5 Å². The van der Waals surface area contributed by atoms with Gasteiger partial charge >= 0.3 is 0 Å². The summed E-state index contributed by atoms with van der Waals surface area (Å²) in [6.07, 6.45) is 2.88. The van der Waals surface area contributed by atoms with E-state index in [1.807, 2.05) is 6.07 Å². The van der Waals surface area contributed by atoms with Crippen LogP contribution in [0.5, 0.6) is 11.5 Å². The van der Waals surface area contributed by atoms with E-state index in [4.69, 9.17) is 9.47 Å². The molecular weight excluding hydrogens is 456 g/mol. The number of benzene rings is 2. The van der Waals surface area contributed by atoms with Gasteiger partial charge in [0.2, 0.25) is 5.91 Å². The predicted molar refractivity (Wildman–Crippen MR) is 127 cm³/mol. The Morgan fingerprint density at radius 1 is 0.853 bits per heavy atom. The topological polar surface area (TPSA) is 93.2 Å². The Morgan fingerprint density at radius 2 is 1.47 bits per heavy atom. The second kappa shape index (κ2) is 10.0. The Kier molecular flexibility index (Phi) is 7.11. The van der Waals surface area contributed by atoms with E-state index < -0.39 is 9.84 Å². The van der Waals surface area contributed by atoms with Gasteiger partial charge in [0.25, 0.3) is 5.91 Å². The van der Waals surface area contributed by atoms with Crippen LogP contribution in [0, 0.1) is 0 Å². The summed E-state index contributed by atoms with van der Waals surface area (Å²) in [7, 11) is -0.473. The fourth-order valence-electron chi connectivity index (χ4n) is 4.51. The minimum atomic E-state index is -3.52. The number of carbonyl (C=O) groups excluding carboxylic acids is 2. The van der Waals surface area contributed by atoms with E-state index in [0.29, 0.717) is 48.1 Å². The van der Waals surface area contributed by atoms with E-state index in [2.05, 4.69) is 0 Å². The van der Waals surface area contributed by atoms with Crippen molar-refractivity contribution in [3.8, 4) is 11.5 Å². The van der Waals surface area contributed by atoms with E-state index in [-0.39, 0.29) is 24.0 Å². The number of nitrogens with zero attached hydrogens (tertiary/aromatic N) is 2. The smallest absolute Gasteiger partial charge is 0.254 e. The number of methoxy groups -OCH3 is 2. The fourth-order valence-corrected chi connectivity index (χ4v) is 5.79. The van der Waals surface area contributed by atoms with Gasteiger partial charge in [-0.3, -0.25) is 9.59 Å². The maximum atomic E-state index is 12.9. The highest BCUT2D eigenvalue weighted by Crippen LogP contribution is 2.26. The molecule has 0 saturated carbocycles. The molecule has 0 bridgehead atoms. The molecule has 0 atom stereocenters. The second-order valence-corrected chi connectivity index (χ2v) is 10.7. The summed E-state index contributed by atoms with van der Waals surface area (Å²) in [5.41, 5.74) is 2.77. The molecule has 0 radical (unpaired) electrons. The van der Waals surface area contributed by atoms with Gasteiger partial charge in [-0.25, -0.2) is 8.42 Å². The molecule has 182 valence electrons. The Hall–Kier alpha value is -3.07. The van der Waals surface area contributed by atoms with Crippen molar-refractivity contribution in [1.82, 2.24) is 9.80 Å². The van der Waals surface area contributed by atoms with Crippen LogP contribution in [-0.2, 0) is 27.5 Å². The standard InChI is InChI=1S/C25H30N2O6S/c1-32-21-14-20(15-22(17-21)33-2)25(29)27-11-9-26(10-12-27)24(28)8-13-34(30,31)23-7-6-18-4-3-5-19(18)16-23/h6-7,14-17H,3-5,8-13H2,1-2H3. The summed E-state index contributed by atoms with van der Waals surface area (Å²) in [5, 5.41) is 0. The summed E-state index contributed by atoms with van der Waals surface area (Å²) < 4.78 is 36.0. The molecule has 2 amide bonds. The van der Waals surface area contributed by atoms with Gasteiger partial charge in [0, 0.05) is 44.2 Å². The van der Waals surface area contributed by atoms with Gasteiger partial charge in [-0.1, -0.05) is 6.07 Å². The lowest BCUT2D eigenvalue weighted by atomic mass is 10.1. The third-order valence-electron chi connectivity index (χ3n) is 6.53. The van der Waals surface area contributed by atoms with E-state index in [1.54, 1.807) is 40.1 Å². The highest BCUT2D eigenvalue weighted by Gasteiger charge is 2.27. The number of ether oxygens (including phenoxy) is 2. The monoisotopic (exact) mass is 486 g/mol. The number of carbonyl (C=O) groups is 2. The summed E-state index contributed by atoms with van der Waals surface area (Å²) >= 11 is 0. The molecule has 8 nitrogen and oxygen atoms in total. The molecule has 9 heteroatoms. The normalized spacial score (nSPS) is 15.7. The largest absolute Gasteiger partial charge is 0.497 e. The molecule has 2 aliphatic rings. The highest BCUT2D eigenvalue weighted by atomic mass is 32.2. The summed E-state index contributed by atoms with van der Waals surface area (Å²) in [4.78, 5) is 29.3. The third-order valence-corrected chi connectivity index (χ3v) is 8.25. The van der Waals surface area contributed by atoms with Crippen molar-refractivity contribution in [2.45, 2.75) is 30.6 Å². The van der Waals surface area contributed by atoms with E-state index >= 15 is 0 Å². The Bertz CT molecular complexity index is 1160. The maximum absolute atomic E-state index is 12.9. The van der Waals surface area contributed by atoms with Crippen LogP contribution in [0.4, 0.5) is 0 Å². The van der Waals surface area contributed by atoms with Crippen molar-refractivity contribution in [3.63, 3.8) is 0 Å². The number of sulfone groups is 1. The highest BCUT2D eigenvalue weighted by molar-refractivity contribution is 7.91. The van der Waals surface area contributed by atoms with Crippen LogP contribution in [0.1, 0.15) is 34.3 Å². The molecule has 0 aromatic heterocycles. The average molecular weight is 487 g/mol. The minimum Gasteiger partial charge on any atom is -0.497 e. The van der Waals surface area contributed by atoms with Crippen LogP contribution < -0.4 is 9.47 Å². The Balaban J connectivity index is 1.32. The zero-order valence-corrected chi connectivity index (χ0v) is 20.4. The van der Waals surface area contributed by atoms with E-state index in [9.17, 15) is 18.0 Å². The zero-order chi connectivity index (χ0) is 24.3. The molecule has 1 saturated heterocycles. The average Bonchev–Trinajstić information content (AvgIpc) is 3.34. The molecule has 1 aliphatic heterocycles. The van der Waals surface area contributed by atoms with Gasteiger partial charge in [0.15, 0.2) is 9.84 Å². The summed E-state index contributed by atoms with van der Waals surface area (Å²) in [5.74, 6) is 0.471. The van der Waals surface area contributed by atoms with E-state index in [1.165, 1.54) is 19.8 Å². The predicted octanol–water partition coefficient (Wildman–Crippen LogP) is 2.34. The number of piperazine rings is 1. The van der Waals surface area contributed by atoms with Crippen LogP contribution in [0.25, 0.3) is 0 Å². The molecule has 1 heterocycles. The minimum absolute atomic E-state index is 0.0690. The Labute approximate surface area is 200 Å². The first-order valence-electron chi connectivity index (χ1n) is 11.5. The second-order valence-electron chi connectivity index (χ2n) is 8.63. The molecular formula is C25H30N2O6S. The molecule has 2 aromatic rings. The van der Waals surface area contributed by atoms with Gasteiger partial charge in [0.1, 0.15) is 11.5 Å². The maximum Gasteiger partial charge on any atom is 0.254 e. The van der Waals surface area contributed by atoms with Gasteiger partial charge in [0.05, 0.1) is 24.9 Å². The SMILES string of the molecule is COc1cc(OC)cc(C(=O)N2CCN(C(=O)CCS(=O)(=O)c3ccc4c(c3)CCC4)CC2)c1. The Morgan fingerprint density at radius 3 is 2.12 bits per heavy atom. The molecule has 34 heavy (non-hydrogen) atoms. The first kappa shape index (κ1) is 24.1. The van der Waals surface area contributed by atoms with Crippen LogP contribution in [0.15, 0.2) is 41.3 Å². The molecule has 1 fully saturated rings. The third kappa shape index (κ3) is 5.19. The molecule has 0 N–H and O–H groups in total. The van der Waals surface area contributed by atoms with Crippen molar-refractivity contribution in [2.24, 2.45) is 0 Å². The molecule has 2 aromatic carbocycles. The van der Waals surface area contributed by atoms with Crippen LogP contribution in [0.3, 0.4) is 0 Å². The number of hydrogen-bond donors (Lipinski definition) is 0. The van der Waals surface area contributed by atoms with Gasteiger partial charge < -0.3 is 19.3 Å². The van der Waals surface area contributed by atoms with Gasteiger partial charge in [-0.15, -0.1) is 0 Å². The number of hydrogen-bond acceptors (Lipinski definition) is 6. The van der Waals surface area contributed by atoms with Gasteiger partial charge in [-0.2, -0.15) is 0 Å². The van der Waals surface area contributed by atoms with Crippen LogP contribution in [0.2, 0.25) is 0 Å². The summed E-state index contributed by atoms with van der Waals surface area (Å²) in [6.45, 7) is 1.48. The van der Waals surface area contributed by atoms with E-state index in [0.717, 1.165) is 24.8 Å². The number of fused-ring (bicyclic) bond motifs is 1. The van der Waals surface area contributed by atoms with Crippen molar-refractivity contribution in [1.29, 1.82) is 0 Å². The van der Waals surface area contributed by atoms with Crippen molar-refractivity contribution in [2.75, 3.05) is 46.2 Å². The first-order valence-corrected chi connectivity index (χ1v) is 13.1. The zero-order valence-electron chi connectivity index (χ0n) is 19.6. The first-order chi connectivity index (χ1) is 16.3. The summed E-state index contributed by atoms with van der Waals surface area (Å²) in [6, 6.07) is 10.3. The van der Waals surface area contributed by atoms with Crippen LogP contribution in [-0.4, -0.2) is 76.2 Å². The fraction of sp³-hybridized carbons (Fsp3) is 0.440. The lowest BCUT2D eigenvalue weighted by Gasteiger charge is -2.35. The van der Waals surface area contributed by atoms with Crippen molar-refractivity contribution >= 4 is 21.7 Å². The molecule has 1 aliphatic carbocycles. The van der Waals surface area contributed by atoms with Crippen molar-refractivity contribution in [3.05, 3.63) is 53.1 Å². The number of aryl methyl sites for hydroxylation is 2. The molecule has 0 unspecified atom stereocenters. The molecule has 0 spiro atoms.